The standard InChI is InChI=1S/C17H19N3O3S/c1-11-5-6-12(10-14(11)23-2)16(22)20-8-3-4-13(20)15(21)19-17-18-7-9-24-17/h5-7,9-10,13H,3-4,8H2,1-2H3,(H,18,19,21). The number of hydrogen-bond donors (Lipinski definition) is 1. The second-order valence-corrected chi connectivity index (χ2v) is 6.56. The Balaban J connectivity index is 1.77. The zero-order valence-corrected chi connectivity index (χ0v) is 14.4. The molecular formula is C17H19N3O3S. The van der Waals surface area contributed by atoms with E-state index in [0.717, 1.165) is 12.0 Å². The van der Waals surface area contributed by atoms with E-state index in [9.17, 15) is 9.59 Å². The van der Waals surface area contributed by atoms with E-state index in [0.29, 0.717) is 29.4 Å². The molecule has 0 bridgehead atoms. The molecule has 2 aromatic rings. The average Bonchev–Trinajstić information content (AvgIpc) is 3.26. The van der Waals surface area contributed by atoms with Crippen LogP contribution in [-0.4, -0.2) is 41.4 Å². The first-order valence-corrected chi connectivity index (χ1v) is 8.64. The maximum absolute atomic E-state index is 12.8. The average molecular weight is 345 g/mol. The first kappa shape index (κ1) is 16.4. The van der Waals surface area contributed by atoms with Gasteiger partial charge in [0.05, 0.1) is 7.11 Å². The molecule has 2 amide bonds. The fourth-order valence-corrected chi connectivity index (χ4v) is 3.41. The van der Waals surface area contributed by atoms with Gasteiger partial charge in [-0.2, -0.15) is 0 Å². The lowest BCUT2D eigenvalue weighted by molar-refractivity contribution is -0.119. The van der Waals surface area contributed by atoms with E-state index < -0.39 is 6.04 Å². The van der Waals surface area contributed by atoms with Crippen LogP contribution in [0.4, 0.5) is 5.13 Å². The van der Waals surface area contributed by atoms with Gasteiger partial charge >= 0.3 is 0 Å². The zero-order valence-electron chi connectivity index (χ0n) is 13.6. The van der Waals surface area contributed by atoms with Crippen LogP contribution in [0, 0.1) is 6.92 Å². The van der Waals surface area contributed by atoms with Crippen LogP contribution in [0.2, 0.25) is 0 Å². The van der Waals surface area contributed by atoms with Gasteiger partial charge in [-0.05, 0) is 37.5 Å². The van der Waals surface area contributed by atoms with Gasteiger partial charge in [0.15, 0.2) is 5.13 Å². The van der Waals surface area contributed by atoms with Crippen LogP contribution in [0.25, 0.3) is 0 Å². The fraction of sp³-hybridized carbons (Fsp3) is 0.353. The molecule has 1 atom stereocenters. The quantitative estimate of drug-likeness (QED) is 0.925. The van der Waals surface area contributed by atoms with E-state index in [1.807, 2.05) is 13.0 Å². The number of hydrogen-bond acceptors (Lipinski definition) is 5. The summed E-state index contributed by atoms with van der Waals surface area (Å²) in [6, 6.07) is 4.89. The van der Waals surface area contributed by atoms with Crippen molar-refractivity contribution >= 4 is 28.3 Å². The summed E-state index contributed by atoms with van der Waals surface area (Å²) in [6.45, 7) is 2.50. The minimum absolute atomic E-state index is 0.148. The molecular weight excluding hydrogens is 326 g/mol. The molecule has 0 spiro atoms. The number of likely N-dealkylation sites (tertiary alicyclic amines) is 1. The summed E-state index contributed by atoms with van der Waals surface area (Å²) in [5.74, 6) is 0.337. The summed E-state index contributed by atoms with van der Waals surface area (Å²) in [4.78, 5) is 31.0. The highest BCUT2D eigenvalue weighted by atomic mass is 32.1. The van der Waals surface area contributed by atoms with Crippen LogP contribution in [0.3, 0.4) is 0 Å². The predicted molar refractivity (Wildman–Crippen MR) is 92.5 cm³/mol. The van der Waals surface area contributed by atoms with Crippen LogP contribution < -0.4 is 10.1 Å². The zero-order chi connectivity index (χ0) is 17.1. The Kier molecular flexibility index (Phi) is 4.80. The number of aryl methyl sites for hydroxylation is 1. The highest BCUT2D eigenvalue weighted by molar-refractivity contribution is 7.13. The number of methoxy groups -OCH3 is 1. The Morgan fingerprint density at radius 2 is 2.25 bits per heavy atom. The molecule has 1 aromatic carbocycles. The Hall–Kier alpha value is -2.41. The van der Waals surface area contributed by atoms with E-state index in [1.165, 1.54) is 11.3 Å². The number of ether oxygens (including phenoxy) is 1. The molecule has 126 valence electrons. The second kappa shape index (κ2) is 7.00. The molecule has 7 heteroatoms. The van der Waals surface area contributed by atoms with Gasteiger partial charge in [-0.25, -0.2) is 4.98 Å². The van der Waals surface area contributed by atoms with Gasteiger partial charge in [0.2, 0.25) is 5.91 Å². The molecule has 1 aliphatic rings. The fourth-order valence-electron chi connectivity index (χ4n) is 2.88. The van der Waals surface area contributed by atoms with Gasteiger partial charge in [0.1, 0.15) is 11.8 Å². The second-order valence-electron chi connectivity index (χ2n) is 5.67. The van der Waals surface area contributed by atoms with Gasteiger partial charge in [0, 0.05) is 23.7 Å². The Morgan fingerprint density at radius 1 is 1.42 bits per heavy atom. The third-order valence-corrected chi connectivity index (χ3v) is 4.82. The van der Waals surface area contributed by atoms with Gasteiger partial charge < -0.3 is 15.0 Å². The summed E-state index contributed by atoms with van der Waals surface area (Å²) in [6.07, 6.45) is 3.10. The van der Waals surface area contributed by atoms with E-state index in [4.69, 9.17) is 4.74 Å². The molecule has 2 heterocycles. The number of thiazole rings is 1. The van der Waals surface area contributed by atoms with Gasteiger partial charge in [-0.1, -0.05) is 6.07 Å². The van der Waals surface area contributed by atoms with Crippen molar-refractivity contribution in [2.45, 2.75) is 25.8 Å². The SMILES string of the molecule is COc1cc(C(=O)N2CCCC2C(=O)Nc2nccs2)ccc1C. The predicted octanol–water partition coefficient (Wildman–Crippen LogP) is 2.70. The van der Waals surface area contributed by atoms with Crippen molar-refractivity contribution in [3.63, 3.8) is 0 Å². The third-order valence-electron chi connectivity index (χ3n) is 4.13. The number of amides is 2. The minimum atomic E-state index is -0.464. The van der Waals surface area contributed by atoms with Crippen LogP contribution in [-0.2, 0) is 4.79 Å². The number of carbonyl (C=O) groups excluding carboxylic acids is 2. The Morgan fingerprint density at radius 3 is 2.96 bits per heavy atom. The number of nitrogens with zero attached hydrogens (tertiary/aromatic N) is 2. The van der Waals surface area contributed by atoms with Crippen molar-refractivity contribution in [3.8, 4) is 5.75 Å². The minimum Gasteiger partial charge on any atom is -0.496 e. The number of benzene rings is 1. The highest BCUT2D eigenvalue weighted by Gasteiger charge is 2.35. The van der Waals surface area contributed by atoms with E-state index in [2.05, 4.69) is 10.3 Å². The first-order chi connectivity index (χ1) is 11.6. The molecule has 1 aromatic heterocycles. The number of nitrogens with one attached hydrogen (secondary N) is 1. The lowest BCUT2D eigenvalue weighted by Crippen LogP contribution is -2.43. The molecule has 1 fully saturated rings. The topological polar surface area (TPSA) is 71.5 Å². The lowest BCUT2D eigenvalue weighted by Gasteiger charge is -2.24. The number of rotatable bonds is 4. The molecule has 0 aliphatic carbocycles. The first-order valence-electron chi connectivity index (χ1n) is 7.76. The van der Waals surface area contributed by atoms with E-state index in [1.54, 1.807) is 35.7 Å². The molecule has 24 heavy (non-hydrogen) atoms. The van der Waals surface area contributed by atoms with Crippen LogP contribution >= 0.6 is 11.3 Å². The molecule has 6 nitrogen and oxygen atoms in total. The summed E-state index contributed by atoms with van der Waals surface area (Å²) >= 11 is 1.36. The number of anilines is 1. The summed E-state index contributed by atoms with van der Waals surface area (Å²) < 4.78 is 5.29. The van der Waals surface area contributed by atoms with Gasteiger partial charge in [-0.15, -0.1) is 11.3 Å². The molecule has 3 rings (SSSR count). The van der Waals surface area contributed by atoms with Crippen LogP contribution in [0.15, 0.2) is 29.8 Å². The number of aromatic nitrogens is 1. The van der Waals surface area contributed by atoms with Crippen molar-refractivity contribution in [2.75, 3.05) is 19.0 Å². The Labute approximate surface area is 144 Å². The van der Waals surface area contributed by atoms with Crippen molar-refractivity contribution in [3.05, 3.63) is 40.9 Å². The van der Waals surface area contributed by atoms with Crippen molar-refractivity contribution in [1.82, 2.24) is 9.88 Å². The summed E-state index contributed by atoms with van der Waals surface area (Å²) in [7, 11) is 1.58. The molecule has 0 saturated carbocycles. The van der Waals surface area contributed by atoms with Crippen LogP contribution in [0.5, 0.6) is 5.75 Å². The van der Waals surface area contributed by atoms with Gasteiger partial charge in [-0.3, -0.25) is 9.59 Å². The maximum Gasteiger partial charge on any atom is 0.254 e. The third kappa shape index (κ3) is 3.26. The molecule has 0 radical (unpaired) electrons. The monoisotopic (exact) mass is 345 g/mol. The van der Waals surface area contributed by atoms with E-state index in [-0.39, 0.29) is 11.8 Å². The van der Waals surface area contributed by atoms with Crippen molar-refractivity contribution < 1.29 is 14.3 Å². The molecule has 1 saturated heterocycles. The summed E-state index contributed by atoms with van der Waals surface area (Å²) in [5.41, 5.74) is 1.50. The normalized spacial score (nSPS) is 16.9. The van der Waals surface area contributed by atoms with Crippen LogP contribution in [0.1, 0.15) is 28.8 Å². The summed E-state index contributed by atoms with van der Waals surface area (Å²) in [5, 5.41) is 5.13. The maximum atomic E-state index is 12.8. The highest BCUT2D eigenvalue weighted by Crippen LogP contribution is 2.25. The van der Waals surface area contributed by atoms with Gasteiger partial charge in [0.25, 0.3) is 5.91 Å². The number of carbonyl (C=O) groups is 2. The van der Waals surface area contributed by atoms with Crippen molar-refractivity contribution in [2.24, 2.45) is 0 Å². The molecule has 1 N–H and O–H groups in total. The smallest absolute Gasteiger partial charge is 0.254 e. The molecule has 1 unspecified atom stereocenters. The largest absolute Gasteiger partial charge is 0.496 e. The molecule has 1 aliphatic heterocycles. The lowest BCUT2D eigenvalue weighted by atomic mass is 10.1. The van der Waals surface area contributed by atoms with E-state index >= 15 is 0 Å². The Bertz CT molecular complexity index is 746. The van der Waals surface area contributed by atoms with Crippen molar-refractivity contribution in [1.29, 1.82) is 0 Å².